The van der Waals surface area contributed by atoms with Gasteiger partial charge in [0.2, 0.25) is 5.76 Å². The number of fused-ring (bicyclic) bond motifs is 1. The van der Waals surface area contributed by atoms with E-state index < -0.39 is 4.92 Å². The predicted octanol–water partition coefficient (Wildman–Crippen LogP) is 3.80. The summed E-state index contributed by atoms with van der Waals surface area (Å²) in [7, 11) is 1.59. The molecule has 0 N–H and O–H groups in total. The molecule has 0 spiro atoms. The van der Waals surface area contributed by atoms with Crippen LogP contribution in [0.1, 0.15) is 16.7 Å². The van der Waals surface area contributed by atoms with E-state index in [9.17, 15) is 10.1 Å². The van der Waals surface area contributed by atoms with Gasteiger partial charge >= 0.3 is 0 Å². The molecule has 0 saturated carbocycles. The van der Waals surface area contributed by atoms with Crippen molar-refractivity contribution in [1.82, 2.24) is 0 Å². The summed E-state index contributed by atoms with van der Waals surface area (Å²) in [5, 5.41) is 10.8. The van der Waals surface area contributed by atoms with Gasteiger partial charge in [-0.25, -0.2) is 0 Å². The zero-order valence-electron chi connectivity index (χ0n) is 11.9. The molecule has 0 radical (unpaired) electrons. The van der Waals surface area contributed by atoms with Gasteiger partial charge < -0.3 is 9.47 Å². The summed E-state index contributed by atoms with van der Waals surface area (Å²) in [5.74, 6) is 1.47. The Morgan fingerprint density at radius 3 is 2.77 bits per heavy atom. The van der Waals surface area contributed by atoms with E-state index in [0.29, 0.717) is 17.1 Å². The number of hydrogen-bond donors (Lipinski definition) is 0. The van der Waals surface area contributed by atoms with Crippen molar-refractivity contribution < 1.29 is 14.4 Å². The average molecular weight is 295 g/mol. The van der Waals surface area contributed by atoms with E-state index in [4.69, 9.17) is 9.47 Å². The second kappa shape index (κ2) is 5.73. The zero-order valence-corrected chi connectivity index (χ0v) is 11.9. The van der Waals surface area contributed by atoms with Gasteiger partial charge in [0.15, 0.2) is 0 Å². The van der Waals surface area contributed by atoms with E-state index in [2.05, 4.69) is 0 Å². The van der Waals surface area contributed by atoms with Crippen LogP contribution in [0.3, 0.4) is 0 Å². The Labute approximate surface area is 127 Å². The smallest absolute Gasteiger partial charge is 0.277 e. The number of nitrogens with zero attached hydrogens (tertiary/aromatic N) is 1. The number of rotatable bonds is 3. The molecule has 2 aromatic carbocycles. The highest BCUT2D eigenvalue weighted by Crippen LogP contribution is 2.35. The lowest BCUT2D eigenvalue weighted by Gasteiger charge is -2.19. The number of hydrogen-bond acceptors (Lipinski definition) is 4. The summed E-state index contributed by atoms with van der Waals surface area (Å²) in [4.78, 5) is 10.3. The molecule has 0 amide bonds. The highest BCUT2D eigenvalue weighted by Gasteiger charge is 2.20. The maximum absolute atomic E-state index is 10.8. The first kappa shape index (κ1) is 13.9. The number of benzene rings is 2. The van der Waals surface area contributed by atoms with Gasteiger partial charge in [-0.2, -0.15) is 0 Å². The second-order valence-electron chi connectivity index (χ2n) is 4.71. The first-order chi connectivity index (χ1) is 10.7. The molecular weight excluding hydrogens is 282 g/mol. The van der Waals surface area contributed by atoms with Crippen molar-refractivity contribution >= 4 is 17.6 Å². The topological polar surface area (TPSA) is 61.6 Å². The third kappa shape index (κ3) is 2.69. The molecule has 1 aliphatic heterocycles. The normalized spacial score (nSPS) is 14.8. The fourth-order valence-electron chi connectivity index (χ4n) is 2.30. The van der Waals surface area contributed by atoms with E-state index in [1.54, 1.807) is 13.2 Å². The monoisotopic (exact) mass is 295 g/mol. The largest absolute Gasteiger partial charge is 0.497 e. The Bertz CT molecular complexity index is 793. The van der Waals surface area contributed by atoms with E-state index >= 15 is 0 Å². The van der Waals surface area contributed by atoms with Crippen LogP contribution in [0.25, 0.3) is 17.6 Å². The third-order valence-corrected chi connectivity index (χ3v) is 3.31. The molecule has 3 rings (SSSR count). The number of nitro groups is 1. The Kier molecular flexibility index (Phi) is 3.62. The average Bonchev–Trinajstić information content (AvgIpc) is 2.54. The van der Waals surface area contributed by atoms with Crippen LogP contribution in [0.15, 0.2) is 54.7 Å². The van der Waals surface area contributed by atoms with Gasteiger partial charge in [0.1, 0.15) is 11.5 Å². The summed E-state index contributed by atoms with van der Waals surface area (Å²) < 4.78 is 10.9. The third-order valence-electron chi connectivity index (χ3n) is 3.31. The molecule has 1 aliphatic rings. The first-order valence-corrected chi connectivity index (χ1v) is 6.66. The van der Waals surface area contributed by atoms with Crippen molar-refractivity contribution in [2.75, 3.05) is 7.11 Å². The summed E-state index contributed by atoms with van der Waals surface area (Å²) >= 11 is 0. The highest BCUT2D eigenvalue weighted by atomic mass is 16.6. The van der Waals surface area contributed by atoms with Crippen molar-refractivity contribution in [1.29, 1.82) is 0 Å². The summed E-state index contributed by atoms with van der Waals surface area (Å²) in [6.45, 7) is 0. The molecule has 0 atom stereocenters. The molecule has 0 fully saturated rings. The minimum absolute atomic E-state index is 0.223. The summed E-state index contributed by atoms with van der Waals surface area (Å²) in [6.07, 6.45) is 2.74. The van der Waals surface area contributed by atoms with Crippen molar-refractivity contribution in [2.45, 2.75) is 0 Å². The number of ether oxygens (including phenoxy) is 2. The van der Waals surface area contributed by atoms with Crippen LogP contribution in [0, 0.1) is 10.1 Å². The maximum Gasteiger partial charge on any atom is 0.277 e. The van der Waals surface area contributed by atoms with Crippen molar-refractivity contribution in [3.8, 4) is 5.75 Å². The van der Waals surface area contributed by atoms with Crippen LogP contribution in [0.4, 0.5) is 0 Å². The molecule has 0 saturated heterocycles. The fraction of sp³-hybridized carbons (Fsp3) is 0.0588. The van der Waals surface area contributed by atoms with Gasteiger partial charge in [-0.05, 0) is 23.8 Å². The Morgan fingerprint density at radius 1 is 1.18 bits per heavy atom. The molecule has 0 aromatic heterocycles. The highest BCUT2D eigenvalue weighted by molar-refractivity contribution is 5.88. The van der Waals surface area contributed by atoms with Gasteiger partial charge in [0, 0.05) is 11.1 Å². The fourth-order valence-corrected chi connectivity index (χ4v) is 2.30. The van der Waals surface area contributed by atoms with Crippen LogP contribution in [0.5, 0.6) is 5.75 Å². The molecule has 5 nitrogen and oxygen atoms in total. The van der Waals surface area contributed by atoms with Gasteiger partial charge in [0.25, 0.3) is 6.20 Å². The Hall–Kier alpha value is -3.08. The lowest BCUT2D eigenvalue weighted by Crippen LogP contribution is -2.03. The molecule has 110 valence electrons. The minimum Gasteiger partial charge on any atom is -0.497 e. The van der Waals surface area contributed by atoms with Gasteiger partial charge in [-0.15, -0.1) is 0 Å². The quantitative estimate of drug-likeness (QED) is 0.638. The van der Waals surface area contributed by atoms with Gasteiger partial charge in [-0.1, -0.05) is 36.4 Å². The predicted molar refractivity (Wildman–Crippen MR) is 83.4 cm³/mol. The minimum atomic E-state index is -0.513. The van der Waals surface area contributed by atoms with Gasteiger partial charge in [0.05, 0.1) is 12.0 Å². The SMILES string of the molecule is COc1cccc(C2=Cc3ccccc3/C(=C/[N+](=O)[O-])O2)c1. The second-order valence-corrected chi connectivity index (χ2v) is 4.71. The number of methoxy groups -OCH3 is 1. The van der Waals surface area contributed by atoms with Crippen LogP contribution in [-0.2, 0) is 4.74 Å². The van der Waals surface area contributed by atoms with Gasteiger partial charge in [-0.3, -0.25) is 10.1 Å². The molecule has 2 aromatic rings. The standard InChI is InChI=1S/C17H13NO4/c1-21-14-7-4-6-13(9-14)16-10-12-5-2-3-8-15(12)17(22-16)11-18(19)20/h2-11H,1H3/b17-11-. The molecular formula is C17H13NO4. The van der Waals surface area contributed by atoms with Crippen LogP contribution < -0.4 is 4.74 Å². The van der Waals surface area contributed by atoms with E-state index in [0.717, 1.165) is 17.3 Å². The lowest BCUT2D eigenvalue weighted by molar-refractivity contribution is -0.402. The van der Waals surface area contributed by atoms with Crippen molar-refractivity contribution in [2.24, 2.45) is 0 Å². The first-order valence-electron chi connectivity index (χ1n) is 6.66. The van der Waals surface area contributed by atoms with Crippen LogP contribution >= 0.6 is 0 Å². The molecule has 0 aliphatic carbocycles. The van der Waals surface area contributed by atoms with E-state index in [1.165, 1.54) is 0 Å². The van der Waals surface area contributed by atoms with Crippen molar-refractivity contribution in [3.63, 3.8) is 0 Å². The van der Waals surface area contributed by atoms with Crippen LogP contribution in [0.2, 0.25) is 0 Å². The van der Waals surface area contributed by atoms with Crippen molar-refractivity contribution in [3.05, 3.63) is 81.5 Å². The Balaban J connectivity index is 2.10. The molecule has 0 bridgehead atoms. The summed E-state index contributed by atoms with van der Waals surface area (Å²) in [6, 6.07) is 14.8. The van der Waals surface area contributed by atoms with E-state index in [-0.39, 0.29) is 5.76 Å². The molecule has 0 unspecified atom stereocenters. The molecule has 5 heteroatoms. The van der Waals surface area contributed by atoms with E-state index in [1.807, 2.05) is 48.5 Å². The zero-order chi connectivity index (χ0) is 15.5. The molecule has 1 heterocycles. The molecule has 22 heavy (non-hydrogen) atoms. The van der Waals surface area contributed by atoms with Crippen LogP contribution in [-0.4, -0.2) is 12.0 Å². The maximum atomic E-state index is 10.8. The Morgan fingerprint density at radius 2 is 2.00 bits per heavy atom. The lowest BCUT2D eigenvalue weighted by atomic mass is 10.0. The summed E-state index contributed by atoms with van der Waals surface area (Å²) in [5.41, 5.74) is 2.37.